The Morgan fingerprint density at radius 1 is 1.61 bits per heavy atom. The fourth-order valence-electron chi connectivity index (χ4n) is 3.10. The molecular weight excluding hydrogens is 230 g/mol. The molecule has 1 aromatic heterocycles. The van der Waals surface area contributed by atoms with Gasteiger partial charge in [-0.05, 0) is 12.8 Å². The molecule has 98 valence electrons. The third-order valence-electron chi connectivity index (χ3n) is 4.50. The second-order valence-electron chi connectivity index (χ2n) is 5.59. The van der Waals surface area contributed by atoms with Crippen molar-refractivity contribution in [2.75, 3.05) is 13.1 Å². The molecule has 2 aliphatic rings. The van der Waals surface area contributed by atoms with Gasteiger partial charge in [-0.2, -0.15) is 0 Å². The Morgan fingerprint density at radius 3 is 3.00 bits per heavy atom. The van der Waals surface area contributed by atoms with E-state index in [1.54, 1.807) is 6.07 Å². The summed E-state index contributed by atoms with van der Waals surface area (Å²) in [5, 5.41) is 3.82. The van der Waals surface area contributed by atoms with Gasteiger partial charge in [0.25, 0.3) is 0 Å². The summed E-state index contributed by atoms with van der Waals surface area (Å²) in [6.07, 6.45) is 6.30. The molecule has 18 heavy (non-hydrogen) atoms. The number of carbonyl (C=O) groups is 1. The summed E-state index contributed by atoms with van der Waals surface area (Å²) in [4.78, 5) is 14.1. The molecular formula is C13H19N3O2. The van der Waals surface area contributed by atoms with Crippen LogP contribution >= 0.6 is 0 Å². The van der Waals surface area contributed by atoms with Gasteiger partial charge in [-0.25, -0.2) is 0 Å². The number of carbonyl (C=O) groups excluding carboxylic acids is 1. The molecule has 1 saturated carbocycles. The van der Waals surface area contributed by atoms with E-state index in [4.69, 9.17) is 10.3 Å². The molecule has 1 spiro atoms. The van der Waals surface area contributed by atoms with Gasteiger partial charge in [0, 0.05) is 43.5 Å². The Labute approximate surface area is 106 Å². The van der Waals surface area contributed by atoms with E-state index in [-0.39, 0.29) is 17.4 Å². The van der Waals surface area contributed by atoms with Crippen LogP contribution in [0.2, 0.25) is 0 Å². The topological polar surface area (TPSA) is 72.4 Å². The number of aromatic nitrogens is 1. The van der Waals surface area contributed by atoms with Crippen molar-refractivity contribution in [3.8, 4) is 0 Å². The summed E-state index contributed by atoms with van der Waals surface area (Å²) in [5.74, 6) is 0.192. The minimum Gasteiger partial charge on any atom is -0.365 e. The van der Waals surface area contributed by atoms with E-state index in [1.807, 2.05) is 4.90 Å². The quantitative estimate of drug-likeness (QED) is 0.865. The van der Waals surface area contributed by atoms with Crippen LogP contribution in [0.25, 0.3) is 0 Å². The van der Waals surface area contributed by atoms with Crippen LogP contribution < -0.4 is 5.73 Å². The normalized spacial score (nSPS) is 25.4. The van der Waals surface area contributed by atoms with Crippen molar-refractivity contribution in [2.24, 2.45) is 11.1 Å². The number of nitrogens with zero attached hydrogens (tertiary/aromatic N) is 2. The molecule has 1 aliphatic heterocycles. The van der Waals surface area contributed by atoms with E-state index < -0.39 is 0 Å². The lowest BCUT2D eigenvalue weighted by molar-refractivity contribution is -0.130. The van der Waals surface area contributed by atoms with Gasteiger partial charge in [-0.3, -0.25) is 4.79 Å². The van der Waals surface area contributed by atoms with E-state index >= 15 is 0 Å². The lowest BCUT2D eigenvalue weighted by Gasteiger charge is -2.41. The molecule has 1 atom stereocenters. The first-order valence-electron chi connectivity index (χ1n) is 6.62. The highest BCUT2D eigenvalue weighted by atomic mass is 16.5. The highest BCUT2D eigenvalue weighted by Gasteiger charge is 2.49. The van der Waals surface area contributed by atoms with Crippen LogP contribution in [-0.4, -0.2) is 35.1 Å². The average molecular weight is 249 g/mol. The van der Waals surface area contributed by atoms with E-state index in [9.17, 15) is 4.79 Å². The van der Waals surface area contributed by atoms with Crippen molar-refractivity contribution in [1.82, 2.24) is 10.1 Å². The fraction of sp³-hybridized carbons (Fsp3) is 0.692. The highest BCUT2D eigenvalue weighted by Crippen LogP contribution is 2.47. The predicted octanol–water partition coefficient (Wildman–Crippen LogP) is 0.947. The van der Waals surface area contributed by atoms with Gasteiger partial charge in [0.1, 0.15) is 6.26 Å². The second kappa shape index (κ2) is 4.39. The zero-order valence-electron chi connectivity index (χ0n) is 10.5. The first-order chi connectivity index (χ1) is 8.70. The number of hydrogen-bond donors (Lipinski definition) is 1. The molecule has 2 N–H and O–H groups in total. The molecule has 1 unspecified atom stereocenters. The average Bonchev–Trinajstić information content (AvgIpc) is 2.91. The van der Waals surface area contributed by atoms with Crippen LogP contribution in [0.15, 0.2) is 16.9 Å². The van der Waals surface area contributed by atoms with Crippen molar-refractivity contribution in [3.63, 3.8) is 0 Å². The van der Waals surface area contributed by atoms with Gasteiger partial charge in [-0.1, -0.05) is 11.6 Å². The monoisotopic (exact) mass is 249 g/mol. The Balaban J connectivity index is 1.54. The summed E-state index contributed by atoms with van der Waals surface area (Å²) in [6.45, 7) is 1.57. The molecule has 5 heteroatoms. The zero-order chi connectivity index (χ0) is 12.6. The summed E-state index contributed by atoms with van der Waals surface area (Å²) < 4.78 is 4.75. The number of hydrogen-bond acceptors (Lipinski definition) is 4. The molecule has 0 radical (unpaired) electrons. The lowest BCUT2D eigenvalue weighted by atomic mass is 9.66. The number of aryl methyl sites for hydroxylation is 1. The minimum atomic E-state index is 0.169. The maximum absolute atomic E-state index is 12.1. The molecule has 2 fully saturated rings. The van der Waals surface area contributed by atoms with Gasteiger partial charge >= 0.3 is 0 Å². The van der Waals surface area contributed by atoms with E-state index in [0.717, 1.165) is 18.8 Å². The third-order valence-corrected chi connectivity index (χ3v) is 4.50. The van der Waals surface area contributed by atoms with E-state index in [0.29, 0.717) is 12.8 Å². The van der Waals surface area contributed by atoms with Crippen molar-refractivity contribution < 1.29 is 9.32 Å². The maximum Gasteiger partial charge on any atom is 0.223 e. The fourth-order valence-corrected chi connectivity index (χ4v) is 3.10. The Bertz CT molecular complexity index is 425. The molecule has 0 aromatic carbocycles. The zero-order valence-corrected chi connectivity index (χ0v) is 10.5. The predicted molar refractivity (Wildman–Crippen MR) is 65.7 cm³/mol. The largest absolute Gasteiger partial charge is 0.365 e. The van der Waals surface area contributed by atoms with E-state index in [2.05, 4.69) is 5.16 Å². The van der Waals surface area contributed by atoms with Crippen molar-refractivity contribution in [3.05, 3.63) is 18.0 Å². The molecule has 1 saturated heterocycles. The molecule has 1 aromatic rings. The molecule has 3 rings (SSSR count). The van der Waals surface area contributed by atoms with Gasteiger partial charge in [-0.15, -0.1) is 0 Å². The smallest absolute Gasteiger partial charge is 0.223 e. The van der Waals surface area contributed by atoms with Crippen LogP contribution in [0.3, 0.4) is 0 Å². The van der Waals surface area contributed by atoms with Gasteiger partial charge < -0.3 is 15.2 Å². The Kier molecular flexibility index (Phi) is 2.86. The number of rotatable bonds is 3. The summed E-state index contributed by atoms with van der Waals surface area (Å²) in [6, 6.07) is 1.97. The summed E-state index contributed by atoms with van der Waals surface area (Å²) >= 11 is 0. The molecule has 5 nitrogen and oxygen atoms in total. The highest BCUT2D eigenvalue weighted by molar-refractivity contribution is 5.77. The van der Waals surface area contributed by atoms with Crippen LogP contribution in [0.5, 0.6) is 0 Å². The number of amides is 1. The molecule has 0 bridgehead atoms. The van der Waals surface area contributed by atoms with Crippen LogP contribution in [-0.2, 0) is 11.2 Å². The molecule has 1 aliphatic carbocycles. The SMILES string of the molecule is NC1CN(C(=O)CCc2ccon2)CC12CCC2. The number of likely N-dealkylation sites (tertiary alicyclic amines) is 1. The van der Waals surface area contributed by atoms with Crippen LogP contribution in [0.4, 0.5) is 0 Å². The van der Waals surface area contributed by atoms with Crippen molar-refractivity contribution >= 4 is 5.91 Å². The lowest BCUT2D eigenvalue weighted by Crippen LogP contribution is -2.45. The van der Waals surface area contributed by atoms with Crippen LogP contribution in [0, 0.1) is 5.41 Å². The van der Waals surface area contributed by atoms with Gasteiger partial charge in [0.05, 0.1) is 5.69 Å². The van der Waals surface area contributed by atoms with E-state index in [1.165, 1.54) is 25.5 Å². The third kappa shape index (κ3) is 1.92. The van der Waals surface area contributed by atoms with Crippen LogP contribution in [0.1, 0.15) is 31.4 Å². The summed E-state index contributed by atoms with van der Waals surface area (Å²) in [5.41, 5.74) is 7.25. The number of nitrogens with two attached hydrogens (primary N) is 1. The maximum atomic E-state index is 12.1. The molecule has 2 heterocycles. The first kappa shape index (κ1) is 11.7. The molecule has 1 amide bonds. The van der Waals surface area contributed by atoms with Gasteiger partial charge in [0.15, 0.2) is 0 Å². The van der Waals surface area contributed by atoms with Crippen molar-refractivity contribution in [1.29, 1.82) is 0 Å². The standard InChI is InChI=1S/C13H19N3O2/c14-11-8-16(9-13(11)5-1-6-13)12(17)3-2-10-4-7-18-15-10/h4,7,11H,1-3,5-6,8-9,14H2. The second-order valence-corrected chi connectivity index (χ2v) is 5.59. The van der Waals surface area contributed by atoms with Gasteiger partial charge in [0.2, 0.25) is 5.91 Å². The Morgan fingerprint density at radius 2 is 2.44 bits per heavy atom. The van der Waals surface area contributed by atoms with Crippen molar-refractivity contribution in [2.45, 2.75) is 38.1 Å². The Hall–Kier alpha value is -1.36. The first-order valence-corrected chi connectivity index (χ1v) is 6.62. The minimum absolute atomic E-state index is 0.169. The summed E-state index contributed by atoms with van der Waals surface area (Å²) in [7, 11) is 0.